The molecule has 0 spiro atoms. The van der Waals surface area contributed by atoms with Gasteiger partial charge < -0.3 is 5.11 Å². The van der Waals surface area contributed by atoms with Gasteiger partial charge in [0, 0.05) is 19.1 Å². The molecule has 1 rings (SSSR count). The van der Waals surface area contributed by atoms with Crippen LogP contribution in [0.5, 0.6) is 0 Å². The van der Waals surface area contributed by atoms with Crippen molar-refractivity contribution in [3.05, 3.63) is 0 Å². The molecule has 3 heteroatoms. The third-order valence-electron chi connectivity index (χ3n) is 2.21. The fraction of sp³-hybridized carbons (Fsp3) is 0.875. The quantitative estimate of drug-likeness (QED) is 0.638. The highest BCUT2D eigenvalue weighted by Crippen LogP contribution is 2.16. The molecular weight excluding hydrogens is 140 g/mol. The van der Waals surface area contributed by atoms with Crippen LogP contribution in [0.3, 0.4) is 0 Å². The summed E-state index contributed by atoms with van der Waals surface area (Å²) in [6, 6.07) is 2.52. The maximum Gasteiger partial charge on any atom is 0.0794 e. The van der Waals surface area contributed by atoms with Crippen LogP contribution >= 0.6 is 0 Å². The van der Waals surface area contributed by atoms with Crippen LogP contribution in [-0.4, -0.2) is 35.2 Å². The molecule has 1 unspecified atom stereocenters. The number of aliphatic hydroxyl groups excluding tert-OH is 1. The van der Waals surface area contributed by atoms with Gasteiger partial charge in [-0.3, -0.25) is 4.90 Å². The number of nitriles is 1. The first kappa shape index (κ1) is 8.51. The number of rotatable bonds is 3. The van der Waals surface area contributed by atoms with Gasteiger partial charge in [-0.1, -0.05) is 6.92 Å². The highest BCUT2D eigenvalue weighted by Gasteiger charge is 2.29. The Kier molecular flexibility index (Phi) is 2.86. The zero-order valence-corrected chi connectivity index (χ0v) is 6.82. The number of β-amino-alcohol motifs (C(OH)–C–C–N with tert-alkyl or cyclic N) is 1. The third-order valence-corrected chi connectivity index (χ3v) is 2.21. The van der Waals surface area contributed by atoms with E-state index in [0.29, 0.717) is 12.5 Å². The van der Waals surface area contributed by atoms with Crippen molar-refractivity contribution in [1.29, 1.82) is 5.26 Å². The predicted molar refractivity (Wildman–Crippen MR) is 41.9 cm³/mol. The fourth-order valence-corrected chi connectivity index (χ4v) is 1.42. The number of nitrogens with zero attached hydrogens (tertiary/aromatic N) is 2. The predicted octanol–water partition coefficient (Wildman–Crippen LogP) is 0.355. The summed E-state index contributed by atoms with van der Waals surface area (Å²) in [5, 5.41) is 17.5. The Balaban J connectivity index is 2.27. The van der Waals surface area contributed by atoms with Crippen molar-refractivity contribution in [2.45, 2.75) is 31.9 Å². The van der Waals surface area contributed by atoms with E-state index in [-0.39, 0.29) is 6.10 Å². The van der Waals surface area contributed by atoms with Crippen LogP contribution in [0.1, 0.15) is 19.8 Å². The molecule has 1 heterocycles. The number of aliphatic hydroxyl groups is 1. The fourth-order valence-electron chi connectivity index (χ4n) is 1.42. The summed E-state index contributed by atoms with van der Waals surface area (Å²) >= 11 is 0. The van der Waals surface area contributed by atoms with Crippen molar-refractivity contribution in [2.75, 3.05) is 13.1 Å². The smallest absolute Gasteiger partial charge is 0.0794 e. The van der Waals surface area contributed by atoms with Gasteiger partial charge >= 0.3 is 0 Å². The van der Waals surface area contributed by atoms with Crippen LogP contribution in [0.15, 0.2) is 0 Å². The molecule has 0 aliphatic carbocycles. The van der Waals surface area contributed by atoms with E-state index >= 15 is 0 Å². The summed E-state index contributed by atoms with van der Waals surface area (Å²) < 4.78 is 0. The van der Waals surface area contributed by atoms with Gasteiger partial charge in [0.1, 0.15) is 0 Å². The Morgan fingerprint density at radius 1 is 1.73 bits per heavy atom. The zero-order valence-electron chi connectivity index (χ0n) is 6.82. The highest BCUT2D eigenvalue weighted by molar-refractivity contribution is 4.89. The van der Waals surface area contributed by atoms with Gasteiger partial charge in [0.2, 0.25) is 0 Å². The lowest BCUT2D eigenvalue weighted by atomic mass is 10.0. The topological polar surface area (TPSA) is 47.3 Å². The molecule has 1 aliphatic heterocycles. The molecule has 1 N–H and O–H groups in total. The highest BCUT2D eigenvalue weighted by atomic mass is 16.3. The largest absolute Gasteiger partial charge is 0.390 e. The van der Waals surface area contributed by atoms with Crippen LogP contribution in [0.2, 0.25) is 0 Å². The van der Waals surface area contributed by atoms with Crippen LogP contribution in [0.25, 0.3) is 0 Å². The molecule has 11 heavy (non-hydrogen) atoms. The van der Waals surface area contributed by atoms with Gasteiger partial charge in [-0.2, -0.15) is 5.26 Å². The first-order valence-corrected chi connectivity index (χ1v) is 4.07. The minimum absolute atomic E-state index is 0.150. The second kappa shape index (κ2) is 3.70. The van der Waals surface area contributed by atoms with Gasteiger partial charge in [0.05, 0.1) is 18.6 Å². The molecule has 0 saturated carbocycles. The molecule has 0 aromatic heterocycles. The zero-order chi connectivity index (χ0) is 8.27. The van der Waals surface area contributed by atoms with E-state index in [9.17, 15) is 0 Å². The summed E-state index contributed by atoms with van der Waals surface area (Å²) in [7, 11) is 0. The van der Waals surface area contributed by atoms with Crippen LogP contribution < -0.4 is 0 Å². The summed E-state index contributed by atoms with van der Waals surface area (Å²) in [5.41, 5.74) is 0. The number of likely N-dealkylation sites (tertiary alicyclic amines) is 1. The van der Waals surface area contributed by atoms with Crippen LogP contribution in [0.4, 0.5) is 0 Å². The Morgan fingerprint density at radius 2 is 2.36 bits per heavy atom. The van der Waals surface area contributed by atoms with E-state index in [1.807, 2.05) is 0 Å². The monoisotopic (exact) mass is 154 g/mol. The third kappa shape index (κ3) is 1.92. The lowest BCUT2D eigenvalue weighted by Gasteiger charge is -2.40. The molecule has 0 aromatic rings. The molecule has 1 fully saturated rings. The number of hydrogen-bond acceptors (Lipinski definition) is 3. The second-order valence-corrected chi connectivity index (χ2v) is 3.03. The Bertz CT molecular complexity index is 158. The maximum absolute atomic E-state index is 9.01. The molecule has 3 nitrogen and oxygen atoms in total. The average Bonchev–Trinajstić information content (AvgIpc) is 1.95. The SMILES string of the molecule is CCC(CC#N)N1CC(O)C1. The van der Waals surface area contributed by atoms with E-state index in [2.05, 4.69) is 17.9 Å². The minimum Gasteiger partial charge on any atom is -0.390 e. The van der Waals surface area contributed by atoms with E-state index in [1.54, 1.807) is 0 Å². The molecule has 1 aliphatic rings. The van der Waals surface area contributed by atoms with Crippen molar-refractivity contribution in [3.63, 3.8) is 0 Å². The van der Waals surface area contributed by atoms with Gasteiger partial charge in [0.15, 0.2) is 0 Å². The molecule has 0 radical (unpaired) electrons. The molecule has 0 bridgehead atoms. The van der Waals surface area contributed by atoms with Crippen LogP contribution in [-0.2, 0) is 0 Å². The Morgan fingerprint density at radius 3 is 2.73 bits per heavy atom. The lowest BCUT2D eigenvalue weighted by Crippen LogP contribution is -2.55. The Labute approximate surface area is 67.2 Å². The average molecular weight is 154 g/mol. The molecule has 0 amide bonds. The molecule has 62 valence electrons. The van der Waals surface area contributed by atoms with Crippen molar-refractivity contribution in [3.8, 4) is 6.07 Å². The second-order valence-electron chi connectivity index (χ2n) is 3.03. The van der Waals surface area contributed by atoms with Crippen molar-refractivity contribution < 1.29 is 5.11 Å². The summed E-state index contributed by atoms with van der Waals surface area (Å²) in [6.07, 6.45) is 1.44. The van der Waals surface area contributed by atoms with E-state index in [1.165, 1.54) is 0 Å². The first-order chi connectivity index (χ1) is 5.27. The normalized spacial score (nSPS) is 22.3. The summed E-state index contributed by atoms with van der Waals surface area (Å²) in [5.74, 6) is 0. The van der Waals surface area contributed by atoms with Gasteiger partial charge in [-0.25, -0.2) is 0 Å². The summed E-state index contributed by atoms with van der Waals surface area (Å²) in [6.45, 7) is 3.58. The standard InChI is InChI=1S/C8H14N2O/c1-2-7(3-4-9)10-5-8(11)6-10/h7-8,11H,2-3,5-6H2,1H3. The first-order valence-electron chi connectivity index (χ1n) is 4.07. The molecule has 0 aromatic carbocycles. The van der Waals surface area contributed by atoms with E-state index < -0.39 is 0 Å². The van der Waals surface area contributed by atoms with E-state index in [0.717, 1.165) is 19.5 Å². The summed E-state index contributed by atoms with van der Waals surface area (Å²) in [4.78, 5) is 2.16. The molecular formula is C8H14N2O. The van der Waals surface area contributed by atoms with E-state index in [4.69, 9.17) is 10.4 Å². The van der Waals surface area contributed by atoms with Gasteiger partial charge in [-0.15, -0.1) is 0 Å². The van der Waals surface area contributed by atoms with Crippen molar-refractivity contribution >= 4 is 0 Å². The minimum atomic E-state index is -0.150. The molecule has 1 saturated heterocycles. The Hall–Kier alpha value is -0.590. The van der Waals surface area contributed by atoms with Gasteiger partial charge in [0.25, 0.3) is 0 Å². The lowest BCUT2D eigenvalue weighted by molar-refractivity contribution is -0.0244. The maximum atomic E-state index is 9.01. The van der Waals surface area contributed by atoms with Crippen molar-refractivity contribution in [2.24, 2.45) is 0 Å². The van der Waals surface area contributed by atoms with Crippen molar-refractivity contribution in [1.82, 2.24) is 4.90 Å². The van der Waals surface area contributed by atoms with Crippen LogP contribution in [0, 0.1) is 11.3 Å². The molecule has 1 atom stereocenters. The number of hydrogen-bond donors (Lipinski definition) is 1. The van der Waals surface area contributed by atoms with Gasteiger partial charge in [-0.05, 0) is 6.42 Å².